The summed E-state index contributed by atoms with van der Waals surface area (Å²) in [7, 11) is 1.61. The van der Waals surface area contributed by atoms with E-state index in [9.17, 15) is 14.9 Å². The standard InChI is InChI=1S/C25H26N4O4S2/c1-4-28-22(27-9-11-33-12-10-27)19(16(2)20(14-26)23(28)30)13-21-24(31)29(25(34)35-21)15-17-5-7-18(32-3)8-6-17/h5-8,13H,4,9-12,15H2,1-3H3/b21-13-. The van der Waals surface area contributed by atoms with E-state index >= 15 is 0 Å². The van der Waals surface area contributed by atoms with Crippen molar-refractivity contribution >= 4 is 46.1 Å². The van der Waals surface area contributed by atoms with E-state index in [-0.39, 0.29) is 17.0 Å². The number of rotatable bonds is 6. The Hall–Kier alpha value is -3.13. The van der Waals surface area contributed by atoms with Crippen LogP contribution in [0, 0.1) is 18.3 Å². The van der Waals surface area contributed by atoms with E-state index in [0.29, 0.717) is 65.6 Å². The summed E-state index contributed by atoms with van der Waals surface area (Å²) in [5.41, 5.74) is 1.95. The van der Waals surface area contributed by atoms with Gasteiger partial charge in [0.2, 0.25) is 0 Å². The first-order valence-electron chi connectivity index (χ1n) is 11.3. The maximum Gasteiger partial charge on any atom is 0.270 e. The number of anilines is 1. The van der Waals surface area contributed by atoms with Gasteiger partial charge in [0.1, 0.15) is 27.5 Å². The maximum absolute atomic E-state index is 13.4. The highest BCUT2D eigenvalue weighted by atomic mass is 32.2. The van der Waals surface area contributed by atoms with Gasteiger partial charge >= 0.3 is 0 Å². The second kappa shape index (κ2) is 10.6. The molecule has 1 aromatic carbocycles. The van der Waals surface area contributed by atoms with Crippen molar-refractivity contribution in [2.45, 2.75) is 26.9 Å². The van der Waals surface area contributed by atoms with Crippen molar-refractivity contribution in [2.24, 2.45) is 0 Å². The van der Waals surface area contributed by atoms with Crippen molar-refractivity contribution in [1.29, 1.82) is 5.26 Å². The number of amides is 1. The highest BCUT2D eigenvalue weighted by Crippen LogP contribution is 2.36. The molecule has 182 valence electrons. The third kappa shape index (κ3) is 4.85. The van der Waals surface area contributed by atoms with E-state index in [4.69, 9.17) is 21.7 Å². The van der Waals surface area contributed by atoms with Gasteiger partial charge in [-0.15, -0.1) is 0 Å². The normalized spacial score (nSPS) is 17.3. The molecule has 0 unspecified atom stereocenters. The SMILES string of the molecule is CCn1c(N2CCOCC2)c(/C=C2\SC(=S)N(Cc3ccc(OC)cc3)C2=O)c(C)c(C#N)c1=O. The minimum absolute atomic E-state index is 0.0869. The lowest BCUT2D eigenvalue weighted by Crippen LogP contribution is -2.41. The lowest BCUT2D eigenvalue weighted by atomic mass is 10.0. The van der Waals surface area contributed by atoms with E-state index in [1.807, 2.05) is 31.2 Å². The van der Waals surface area contributed by atoms with Crippen LogP contribution in [0.5, 0.6) is 5.75 Å². The lowest BCUT2D eigenvalue weighted by molar-refractivity contribution is -0.122. The molecule has 0 radical (unpaired) electrons. The molecular weight excluding hydrogens is 484 g/mol. The number of benzene rings is 1. The molecule has 10 heteroatoms. The van der Waals surface area contributed by atoms with Crippen LogP contribution in [0.4, 0.5) is 5.82 Å². The number of thiocarbonyl (C=S) groups is 1. The Kier molecular flexibility index (Phi) is 7.60. The summed E-state index contributed by atoms with van der Waals surface area (Å²) in [5, 5.41) is 9.72. The van der Waals surface area contributed by atoms with Crippen molar-refractivity contribution in [1.82, 2.24) is 9.47 Å². The Labute approximate surface area is 213 Å². The lowest BCUT2D eigenvalue weighted by Gasteiger charge is -2.33. The van der Waals surface area contributed by atoms with Gasteiger partial charge in [0, 0.05) is 25.2 Å². The summed E-state index contributed by atoms with van der Waals surface area (Å²) in [6.45, 7) is 6.70. The van der Waals surface area contributed by atoms with Crippen molar-refractivity contribution in [3.63, 3.8) is 0 Å². The third-order valence-corrected chi connectivity index (χ3v) is 7.50. The van der Waals surface area contributed by atoms with E-state index in [0.717, 1.165) is 11.3 Å². The molecule has 1 amide bonds. The smallest absolute Gasteiger partial charge is 0.270 e. The summed E-state index contributed by atoms with van der Waals surface area (Å²) in [5.74, 6) is 1.25. The number of thioether (sulfide) groups is 1. The highest BCUT2D eigenvalue weighted by molar-refractivity contribution is 8.26. The number of morpholine rings is 1. The van der Waals surface area contributed by atoms with Crippen LogP contribution in [0.1, 0.15) is 29.2 Å². The summed E-state index contributed by atoms with van der Waals surface area (Å²) in [6, 6.07) is 9.55. The Morgan fingerprint density at radius 3 is 2.51 bits per heavy atom. The average Bonchev–Trinajstić information content (AvgIpc) is 3.14. The van der Waals surface area contributed by atoms with Crippen molar-refractivity contribution < 1.29 is 14.3 Å². The van der Waals surface area contributed by atoms with Crippen molar-refractivity contribution in [3.8, 4) is 11.8 Å². The highest BCUT2D eigenvalue weighted by Gasteiger charge is 2.33. The number of nitriles is 1. The molecule has 0 spiro atoms. The topological polar surface area (TPSA) is 87.8 Å². The molecule has 2 aliphatic rings. The predicted molar refractivity (Wildman–Crippen MR) is 141 cm³/mol. The molecule has 0 N–H and O–H groups in total. The number of hydrogen-bond acceptors (Lipinski definition) is 8. The van der Waals surface area contributed by atoms with Gasteiger partial charge < -0.3 is 14.4 Å². The largest absolute Gasteiger partial charge is 0.497 e. The van der Waals surface area contributed by atoms with Gasteiger partial charge in [-0.3, -0.25) is 19.1 Å². The summed E-state index contributed by atoms with van der Waals surface area (Å²) >= 11 is 6.76. The van der Waals surface area contributed by atoms with E-state index in [2.05, 4.69) is 11.0 Å². The van der Waals surface area contributed by atoms with Crippen LogP contribution >= 0.6 is 24.0 Å². The van der Waals surface area contributed by atoms with Gasteiger partial charge in [-0.25, -0.2) is 0 Å². The Morgan fingerprint density at radius 2 is 1.91 bits per heavy atom. The molecular formula is C25H26N4O4S2. The molecule has 0 aliphatic carbocycles. The van der Waals surface area contributed by atoms with Crippen LogP contribution in [-0.2, 0) is 22.6 Å². The summed E-state index contributed by atoms with van der Waals surface area (Å²) < 4.78 is 12.8. The molecule has 35 heavy (non-hydrogen) atoms. The van der Waals surface area contributed by atoms with E-state index < -0.39 is 0 Å². The van der Waals surface area contributed by atoms with Gasteiger partial charge in [0.25, 0.3) is 11.5 Å². The van der Waals surface area contributed by atoms with Crippen LogP contribution in [0.15, 0.2) is 34.0 Å². The first-order valence-corrected chi connectivity index (χ1v) is 12.5. The summed E-state index contributed by atoms with van der Waals surface area (Å²) in [6.07, 6.45) is 1.78. The molecule has 2 aromatic rings. The second-order valence-corrected chi connectivity index (χ2v) is 9.79. The molecule has 2 saturated heterocycles. The van der Waals surface area contributed by atoms with Crippen LogP contribution in [0.3, 0.4) is 0 Å². The average molecular weight is 511 g/mol. The molecule has 3 heterocycles. The fourth-order valence-electron chi connectivity index (χ4n) is 4.23. The van der Waals surface area contributed by atoms with Gasteiger partial charge in [-0.05, 0) is 43.2 Å². The first kappa shape index (κ1) is 25.0. The number of carbonyl (C=O) groups excluding carboxylic acids is 1. The van der Waals surface area contributed by atoms with Crippen LogP contribution in [0.25, 0.3) is 6.08 Å². The number of ether oxygens (including phenoxy) is 2. The quantitative estimate of drug-likeness (QED) is 0.432. The number of nitrogens with zero attached hydrogens (tertiary/aromatic N) is 4. The molecule has 0 atom stereocenters. The van der Waals surface area contributed by atoms with Crippen molar-refractivity contribution in [2.75, 3.05) is 38.3 Å². The zero-order valence-corrected chi connectivity index (χ0v) is 21.5. The molecule has 2 aliphatic heterocycles. The molecule has 2 fully saturated rings. The zero-order valence-electron chi connectivity index (χ0n) is 19.9. The molecule has 8 nitrogen and oxygen atoms in total. The third-order valence-electron chi connectivity index (χ3n) is 6.12. The number of methoxy groups -OCH3 is 1. The Morgan fingerprint density at radius 1 is 1.23 bits per heavy atom. The first-order chi connectivity index (χ1) is 16.9. The minimum atomic E-state index is -0.321. The van der Waals surface area contributed by atoms with Gasteiger partial charge in [-0.1, -0.05) is 36.1 Å². The summed E-state index contributed by atoms with van der Waals surface area (Å²) in [4.78, 5) is 30.6. The van der Waals surface area contributed by atoms with Gasteiger partial charge in [-0.2, -0.15) is 5.26 Å². The Balaban J connectivity index is 1.76. The predicted octanol–water partition coefficient (Wildman–Crippen LogP) is 3.29. The number of aromatic nitrogens is 1. The van der Waals surface area contributed by atoms with E-state index in [1.54, 1.807) is 29.6 Å². The monoisotopic (exact) mass is 510 g/mol. The molecule has 1 aromatic heterocycles. The second-order valence-electron chi connectivity index (χ2n) is 8.11. The molecule has 0 saturated carbocycles. The van der Waals surface area contributed by atoms with Crippen LogP contribution in [0.2, 0.25) is 0 Å². The van der Waals surface area contributed by atoms with Crippen LogP contribution in [-0.4, -0.2) is 53.1 Å². The van der Waals surface area contributed by atoms with Gasteiger partial charge in [0.15, 0.2) is 0 Å². The maximum atomic E-state index is 13.4. The van der Waals surface area contributed by atoms with Gasteiger partial charge in [0.05, 0.1) is 31.8 Å². The fourth-order valence-corrected chi connectivity index (χ4v) is 5.47. The number of pyridine rings is 1. The fraction of sp³-hybridized carbons (Fsp3) is 0.360. The minimum Gasteiger partial charge on any atom is -0.497 e. The zero-order chi connectivity index (χ0) is 25.1. The number of carbonyl (C=O) groups is 1. The molecule has 4 rings (SSSR count). The van der Waals surface area contributed by atoms with E-state index in [1.165, 1.54) is 11.8 Å². The molecule has 0 bridgehead atoms. The van der Waals surface area contributed by atoms with Crippen molar-refractivity contribution in [3.05, 3.63) is 61.8 Å². The Bertz CT molecular complexity index is 1290. The van der Waals surface area contributed by atoms with Crippen LogP contribution < -0.4 is 15.2 Å². The number of hydrogen-bond donors (Lipinski definition) is 0.